The lowest BCUT2D eigenvalue weighted by atomic mass is 9.92. The molecule has 2 atom stereocenters. The predicted molar refractivity (Wildman–Crippen MR) is 93.7 cm³/mol. The largest absolute Gasteiger partial charge is 0.353 e. The molecule has 1 saturated heterocycles. The molecule has 4 heteroatoms. The number of pyridine rings is 1. The van der Waals surface area contributed by atoms with E-state index in [0.717, 1.165) is 29.3 Å². The van der Waals surface area contributed by atoms with Gasteiger partial charge in [-0.1, -0.05) is 6.92 Å². The number of anilines is 1. The van der Waals surface area contributed by atoms with Crippen molar-refractivity contribution in [2.75, 3.05) is 11.4 Å². The predicted octanol–water partition coefficient (Wildman–Crippen LogP) is 4.36. The van der Waals surface area contributed by atoms with E-state index in [1.807, 2.05) is 6.20 Å². The van der Waals surface area contributed by atoms with Crippen LogP contribution in [0.4, 0.5) is 5.82 Å². The van der Waals surface area contributed by atoms with Crippen LogP contribution in [0, 0.1) is 5.92 Å². The zero-order valence-corrected chi connectivity index (χ0v) is 15.5. The molecular formula is C17H28BrN3. The van der Waals surface area contributed by atoms with Crippen LogP contribution in [0.3, 0.4) is 0 Å². The van der Waals surface area contributed by atoms with Crippen molar-refractivity contribution >= 4 is 21.7 Å². The molecule has 3 nitrogen and oxygen atoms in total. The molecule has 0 spiro atoms. The highest BCUT2D eigenvalue weighted by Gasteiger charge is 2.27. The summed E-state index contributed by atoms with van der Waals surface area (Å²) in [5, 5.41) is 3.58. The summed E-state index contributed by atoms with van der Waals surface area (Å²) in [6, 6.07) is 2.76. The Morgan fingerprint density at radius 2 is 2.10 bits per heavy atom. The molecule has 1 fully saturated rings. The van der Waals surface area contributed by atoms with Gasteiger partial charge in [0.1, 0.15) is 5.82 Å². The van der Waals surface area contributed by atoms with E-state index in [2.05, 4.69) is 66.8 Å². The van der Waals surface area contributed by atoms with Gasteiger partial charge in [0.15, 0.2) is 0 Å². The van der Waals surface area contributed by atoms with Crippen LogP contribution in [-0.2, 0) is 6.54 Å². The standard InChI is InChI=1S/C17H28BrN3/c1-12-7-6-8-21(13(12)2)16-14(9-15(18)11-19-16)10-20-17(3,4)5/h9,11-13,20H,6-8,10H2,1-5H3. The minimum absolute atomic E-state index is 0.112. The highest BCUT2D eigenvalue weighted by molar-refractivity contribution is 9.10. The topological polar surface area (TPSA) is 28.2 Å². The number of nitrogens with zero attached hydrogens (tertiary/aromatic N) is 2. The SMILES string of the molecule is CC1CCCN(c2ncc(Br)cc2CNC(C)(C)C)C1C. The van der Waals surface area contributed by atoms with Crippen LogP contribution in [0.15, 0.2) is 16.7 Å². The Kier molecular flexibility index (Phi) is 5.31. The molecule has 0 amide bonds. The molecule has 0 radical (unpaired) electrons. The van der Waals surface area contributed by atoms with Gasteiger partial charge in [-0.15, -0.1) is 0 Å². The van der Waals surface area contributed by atoms with Gasteiger partial charge >= 0.3 is 0 Å². The van der Waals surface area contributed by atoms with Gasteiger partial charge in [0.05, 0.1) is 0 Å². The van der Waals surface area contributed by atoms with Crippen LogP contribution in [-0.4, -0.2) is 23.1 Å². The van der Waals surface area contributed by atoms with Crippen molar-refractivity contribution in [1.29, 1.82) is 0 Å². The molecule has 118 valence electrons. The number of hydrogen-bond acceptors (Lipinski definition) is 3. The Bertz CT molecular complexity index is 481. The Morgan fingerprint density at radius 3 is 2.76 bits per heavy atom. The molecule has 1 aliphatic heterocycles. The van der Waals surface area contributed by atoms with Gasteiger partial charge in [0.2, 0.25) is 0 Å². The Balaban J connectivity index is 2.25. The fourth-order valence-electron chi connectivity index (χ4n) is 2.86. The van der Waals surface area contributed by atoms with Crippen LogP contribution in [0.2, 0.25) is 0 Å². The van der Waals surface area contributed by atoms with E-state index < -0.39 is 0 Å². The van der Waals surface area contributed by atoms with Crippen LogP contribution in [0.5, 0.6) is 0 Å². The van der Waals surface area contributed by atoms with Gasteiger partial charge < -0.3 is 10.2 Å². The lowest BCUT2D eigenvalue weighted by molar-refractivity contribution is 0.360. The number of rotatable bonds is 3. The quantitative estimate of drug-likeness (QED) is 0.874. The van der Waals surface area contributed by atoms with Crippen molar-refractivity contribution in [1.82, 2.24) is 10.3 Å². The second-order valence-electron chi connectivity index (χ2n) is 7.29. The first-order valence-electron chi connectivity index (χ1n) is 7.94. The average molecular weight is 354 g/mol. The third-order valence-electron chi connectivity index (χ3n) is 4.36. The third kappa shape index (κ3) is 4.43. The second kappa shape index (κ2) is 6.66. The molecule has 1 N–H and O–H groups in total. The van der Waals surface area contributed by atoms with E-state index in [4.69, 9.17) is 4.98 Å². The van der Waals surface area contributed by atoms with E-state index in [1.165, 1.54) is 18.4 Å². The number of aromatic nitrogens is 1. The molecule has 0 aliphatic carbocycles. The smallest absolute Gasteiger partial charge is 0.133 e. The van der Waals surface area contributed by atoms with Crippen LogP contribution < -0.4 is 10.2 Å². The van der Waals surface area contributed by atoms with Gasteiger partial charge in [0, 0.05) is 40.9 Å². The molecule has 0 bridgehead atoms. The molecular weight excluding hydrogens is 326 g/mol. The highest BCUT2D eigenvalue weighted by Crippen LogP contribution is 2.30. The van der Waals surface area contributed by atoms with Crippen molar-refractivity contribution in [3.8, 4) is 0 Å². The maximum Gasteiger partial charge on any atom is 0.133 e. The van der Waals surface area contributed by atoms with E-state index in [9.17, 15) is 0 Å². The zero-order valence-electron chi connectivity index (χ0n) is 13.9. The first-order chi connectivity index (χ1) is 9.78. The molecule has 1 aromatic rings. The summed E-state index contributed by atoms with van der Waals surface area (Å²) < 4.78 is 1.05. The minimum atomic E-state index is 0.112. The first kappa shape index (κ1) is 16.8. The van der Waals surface area contributed by atoms with Crippen LogP contribution >= 0.6 is 15.9 Å². The summed E-state index contributed by atoms with van der Waals surface area (Å²) in [5.74, 6) is 1.88. The van der Waals surface area contributed by atoms with Crippen molar-refractivity contribution in [3.63, 3.8) is 0 Å². The molecule has 0 saturated carbocycles. The summed E-state index contributed by atoms with van der Waals surface area (Å²) in [7, 11) is 0. The average Bonchev–Trinajstić information content (AvgIpc) is 2.39. The van der Waals surface area contributed by atoms with Crippen molar-refractivity contribution < 1.29 is 0 Å². The monoisotopic (exact) mass is 353 g/mol. The van der Waals surface area contributed by atoms with E-state index in [0.29, 0.717) is 6.04 Å². The van der Waals surface area contributed by atoms with Gasteiger partial charge in [-0.2, -0.15) is 0 Å². The van der Waals surface area contributed by atoms with Gasteiger partial charge in [0.25, 0.3) is 0 Å². The lowest BCUT2D eigenvalue weighted by Crippen LogP contribution is -2.44. The van der Waals surface area contributed by atoms with Crippen molar-refractivity contribution in [2.24, 2.45) is 5.92 Å². The molecule has 1 aliphatic rings. The summed E-state index contributed by atoms with van der Waals surface area (Å²) in [4.78, 5) is 7.21. The highest BCUT2D eigenvalue weighted by atomic mass is 79.9. The molecule has 0 aromatic carbocycles. The minimum Gasteiger partial charge on any atom is -0.353 e. The number of nitrogens with one attached hydrogen (secondary N) is 1. The molecule has 2 rings (SSSR count). The molecule has 2 unspecified atom stereocenters. The van der Waals surface area contributed by atoms with Gasteiger partial charge in [-0.3, -0.25) is 0 Å². The Hall–Kier alpha value is -0.610. The fraction of sp³-hybridized carbons (Fsp3) is 0.706. The fourth-order valence-corrected chi connectivity index (χ4v) is 3.24. The second-order valence-corrected chi connectivity index (χ2v) is 8.21. The summed E-state index contributed by atoms with van der Waals surface area (Å²) >= 11 is 3.56. The molecule has 21 heavy (non-hydrogen) atoms. The van der Waals surface area contributed by atoms with E-state index >= 15 is 0 Å². The lowest BCUT2D eigenvalue weighted by Gasteiger charge is -2.40. The van der Waals surface area contributed by atoms with Crippen molar-refractivity contribution in [3.05, 3.63) is 22.3 Å². The first-order valence-corrected chi connectivity index (χ1v) is 8.73. The van der Waals surface area contributed by atoms with Gasteiger partial charge in [-0.05, 0) is 68.5 Å². The molecule has 2 heterocycles. The number of halogens is 1. The summed E-state index contributed by atoms with van der Waals surface area (Å²) in [6.07, 6.45) is 4.50. The van der Waals surface area contributed by atoms with Crippen LogP contribution in [0.1, 0.15) is 53.0 Å². The van der Waals surface area contributed by atoms with E-state index in [1.54, 1.807) is 0 Å². The van der Waals surface area contributed by atoms with E-state index in [-0.39, 0.29) is 5.54 Å². The maximum absolute atomic E-state index is 4.73. The number of piperidine rings is 1. The summed E-state index contributed by atoms with van der Waals surface area (Å²) in [6.45, 7) is 13.2. The maximum atomic E-state index is 4.73. The third-order valence-corrected chi connectivity index (χ3v) is 4.80. The Labute approximate surface area is 137 Å². The van der Waals surface area contributed by atoms with Crippen LogP contribution in [0.25, 0.3) is 0 Å². The zero-order chi connectivity index (χ0) is 15.6. The number of hydrogen-bond donors (Lipinski definition) is 1. The normalized spacial score (nSPS) is 23.4. The Morgan fingerprint density at radius 1 is 1.38 bits per heavy atom. The van der Waals surface area contributed by atoms with Crippen molar-refractivity contribution in [2.45, 2.75) is 65.6 Å². The summed E-state index contributed by atoms with van der Waals surface area (Å²) in [5.41, 5.74) is 1.39. The molecule has 1 aromatic heterocycles. The van der Waals surface area contributed by atoms with Gasteiger partial charge in [-0.25, -0.2) is 4.98 Å².